The maximum Gasteiger partial charge on any atom is 0.134 e. The molecule has 0 aliphatic carbocycles. The minimum atomic E-state index is 0.596. The molecule has 1 aromatic heterocycles. The lowest BCUT2D eigenvalue weighted by molar-refractivity contribution is 0.814. The second-order valence-corrected chi connectivity index (χ2v) is 7.39. The third kappa shape index (κ3) is 3.89. The second-order valence-electron chi connectivity index (χ2n) is 6.14. The van der Waals surface area contributed by atoms with E-state index in [0.717, 1.165) is 28.0 Å². The quantitative estimate of drug-likeness (QED) is 0.345. The number of imidazole rings is 1. The van der Waals surface area contributed by atoms with Gasteiger partial charge in [-0.25, -0.2) is 4.98 Å². The van der Waals surface area contributed by atoms with Crippen LogP contribution in [0.2, 0.25) is 15.1 Å². The minimum Gasteiger partial charge on any atom is -0.320 e. The molecule has 5 heteroatoms. The summed E-state index contributed by atoms with van der Waals surface area (Å²) in [5, 5.41) is 1.97. The van der Waals surface area contributed by atoms with Gasteiger partial charge in [-0.2, -0.15) is 0 Å². The number of benzene rings is 3. The van der Waals surface area contributed by atoms with Gasteiger partial charge in [0, 0.05) is 15.1 Å². The van der Waals surface area contributed by atoms with Gasteiger partial charge in [0.2, 0.25) is 0 Å². The lowest BCUT2D eigenvalue weighted by Crippen LogP contribution is -2.02. The summed E-state index contributed by atoms with van der Waals surface area (Å²) in [6.07, 6.45) is 3.95. The van der Waals surface area contributed by atoms with E-state index < -0.39 is 0 Å². The van der Waals surface area contributed by atoms with Crippen molar-refractivity contribution < 1.29 is 0 Å². The van der Waals surface area contributed by atoms with Gasteiger partial charge in [-0.15, -0.1) is 0 Å². The average Bonchev–Trinajstić information content (AvgIpc) is 3.01. The molecule has 2 nitrogen and oxygen atoms in total. The van der Waals surface area contributed by atoms with Crippen molar-refractivity contribution in [3.05, 3.63) is 98.7 Å². The van der Waals surface area contributed by atoms with E-state index in [1.165, 1.54) is 0 Å². The Morgan fingerprint density at radius 1 is 0.815 bits per heavy atom. The van der Waals surface area contributed by atoms with Crippen LogP contribution in [0, 0.1) is 0 Å². The van der Waals surface area contributed by atoms with Gasteiger partial charge in [-0.1, -0.05) is 71.2 Å². The topological polar surface area (TPSA) is 17.8 Å². The molecule has 0 N–H and O–H groups in total. The zero-order valence-electron chi connectivity index (χ0n) is 14.2. The summed E-state index contributed by atoms with van der Waals surface area (Å²) in [5.74, 6) is 0.835. The fourth-order valence-corrected chi connectivity index (χ4v) is 3.65. The molecule has 0 saturated carbocycles. The SMILES string of the molecule is Clc1ccc(Cn2c(/C=C/c3ccccc3Cl)nc3ccccc32)c(Cl)c1. The number of halogens is 3. The van der Waals surface area contributed by atoms with E-state index in [1.807, 2.05) is 66.7 Å². The average molecular weight is 414 g/mol. The molecule has 4 rings (SSSR count). The number of para-hydroxylation sites is 2. The Morgan fingerprint density at radius 2 is 1.59 bits per heavy atom. The Morgan fingerprint density at radius 3 is 2.41 bits per heavy atom. The van der Waals surface area contributed by atoms with Crippen LogP contribution in [-0.4, -0.2) is 9.55 Å². The lowest BCUT2D eigenvalue weighted by atomic mass is 10.2. The van der Waals surface area contributed by atoms with Crippen LogP contribution in [0.4, 0.5) is 0 Å². The molecule has 0 atom stereocenters. The predicted molar refractivity (Wildman–Crippen MR) is 116 cm³/mol. The third-order valence-corrected chi connectivity index (χ3v) is 5.28. The van der Waals surface area contributed by atoms with Crippen molar-refractivity contribution in [3.8, 4) is 0 Å². The van der Waals surface area contributed by atoms with Crippen molar-refractivity contribution in [3.63, 3.8) is 0 Å². The summed E-state index contributed by atoms with van der Waals surface area (Å²) in [5.41, 5.74) is 3.91. The van der Waals surface area contributed by atoms with E-state index in [4.69, 9.17) is 39.8 Å². The highest BCUT2D eigenvalue weighted by Crippen LogP contribution is 2.26. The van der Waals surface area contributed by atoms with Gasteiger partial charge in [0.15, 0.2) is 0 Å². The highest BCUT2D eigenvalue weighted by molar-refractivity contribution is 6.35. The molecule has 0 radical (unpaired) electrons. The zero-order valence-corrected chi connectivity index (χ0v) is 16.5. The van der Waals surface area contributed by atoms with Crippen LogP contribution in [0.5, 0.6) is 0 Å². The van der Waals surface area contributed by atoms with Crippen molar-refractivity contribution in [2.75, 3.05) is 0 Å². The molecule has 0 aliphatic heterocycles. The van der Waals surface area contributed by atoms with Crippen LogP contribution in [0.25, 0.3) is 23.2 Å². The normalized spacial score (nSPS) is 11.5. The van der Waals surface area contributed by atoms with E-state index in [2.05, 4.69) is 10.6 Å². The van der Waals surface area contributed by atoms with Gasteiger partial charge in [0.25, 0.3) is 0 Å². The number of hydrogen-bond donors (Lipinski definition) is 0. The molecule has 27 heavy (non-hydrogen) atoms. The Hall–Kier alpha value is -2.26. The van der Waals surface area contributed by atoms with Gasteiger partial charge >= 0.3 is 0 Å². The second kappa shape index (κ2) is 7.77. The van der Waals surface area contributed by atoms with Crippen molar-refractivity contribution in [1.82, 2.24) is 9.55 Å². The summed E-state index contributed by atoms with van der Waals surface area (Å²) in [6, 6.07) is 21.3. The first-order chi connectivity index (χ1) is 13.1. The van der Waals surface area contributed by atoms with Crippen molar-refractivity contribution in [2.45, 2.75) is 6.54 Å². The van der Waals surface area contributed by atoms with E-state index in [0.29, 0.717) is 21.6 Å². The molecule has 1 heterocycles. The smallest absolute Gasteiger partial charge is 0.134 e. The Balaban J connectivity index is 1.79. The van der Waals surface area contributed by atoms with E-state index in [1.54, 1.807) is 6.07 Å². The molecule has 0 fully saturated rings. The highest BCUT2D eigenvalue weighted by atomic mass is 35.5. The molecule has 4 aromatic rings. The Bertz CT molecular complexity index is 1150. The highest BCUT2D eigenvalue weighted by Gasteiger charge is 2.11. The Labute approximate surface area is 172 Å². The zero-order chi connectivity index (χ0) is 18.8. The fourth-order valence-electron chi connectivity index (χ4n) is 2.98. The van der Waals surface area contributed by atoms with Crippen LogP contribution >= 0.6 is 34.8 Å². The van der Waals surface area contributed by atoms with Crippen LogP contribution < -0.4 is 0 Å². The Kier molecular flexibility index (Phi) is 5.22. The number of rotatable bonds is 4. The first kappa shape index (κ1) is 18.1. The number of fused-ring (bicyclic) bond motifs is 1. The molecule has 0 amide bonds. The maximum atomic E-state index is 6.39. The first-order valence-corrected chi connectivity index (χ1v) is 9.57. The first-order valence-electron chi connectivity index (χ1n) is 8.43. The third-order valence-electron chi connectivity index (χ3n) is 4.34. The summed E-state index contributed by atoms with van der Waals surface area (Å²) >= 11 is 18.7. The maximum absolute atomic E-state index is 6.39. The standard InChI is InChI=1S/C22H15Cl3N2/c23-17-11-9-16(19(25)13-17)14-27-21-8-4-3-7-20(21)26-22(27)12-10-15-5-1-2-6-18(15)24/h1-13H,14H2/b12-10+. The van der Waals surface area contributed by atoms with Crippen LogP contribution in [0.15, 0.2) is 66.7 Å². The van der Waals surface area contributed by atoms with Gasteiger partial charge in [0.05, 0.1) is 17.6 Å². The predicted octanol–water partition coefficient (Wildman–Crippen LogP) is 7.22. The molecule has 3 aromatic carbocycles. The van der Waals surface area contributed by atoms with E-state index in [9.17, 15) is 0 Å². The molecule has 0 spiro atoms. The molecule has 0 aliphatic rings. The van der Waals surface area contributed by atoms with E-state index >= 15 is 0 Å². The van der Waals surface area contributed by atoms with Gasteiger partial charge in [-0.3, -0.25) is 0 Å². The molecular weight excluding hydrogens is 399 g/mol. The molecular formula is C22H15Cl3N2. The van der Waals surface area contributed by atoms with E-state index in [-0.39, 0.29) is 0 Å². The van der Waals surface area contributed by atoms with Crippen molar-refractivity contribution in [1.29, 1.82) is 0 Å². The van der Waals surface area contributed by atoms with Crippen molar-refractivity contribution in [2.24, 2.45) is 0 Å². The van der Waals surface area contributed by atoms with Crippen LogP contribution in [0.1, 0.15) is 17.0 Å². The fraction of sp³-hybridized carbons (Fsp3) is 0.0455. The summed E-state index contributed by atoms with van der Waals surface area (Å²) in [7, 11) is 0. The van der Waals surface area contributed by atoms with Crippen LogP contribution in [0.3, 0.4) is 0 Å². The summed E-state index contributed by atoms with van der Waals surface area (Å²) in [4.78, 5) is 4.76. The van der Waals surface area contributed by atoms with Gasteiger partial charge < -0.3 is 4.57 Å². The van der Waals surface area contributed by atoms with Crippen molar-refractivity contribution >= 4 is 58.0 Å². The molecule has 134 valence electrons. The lowest BCUT2D eigenvalue weighted by Gasteiger charge is -2.09. The molecule has 0 bridgehead atoms. The van der Waals surface area contributed by atoms with Gasteiger partial charge in [0.1, 0.15) is 5.82 Å². The number of nitrogens with zero attached hydrogens (tertiary/aromatic N) is 2. The monoisotopic (exact) mass is 412 g/mol. The minimum absolute atomic E-state index is 0.596. The largest absolute Gasteiger partial charge is 0.320 e. The van der Waals surface area contributed by atoms with Gasteiger partial charge in [-0.05, 0) is 53.6 Å². The number of hydrogen-bond acceptors (Lipinski definition) is 1. The summed E-state index contributed by atoms with van der Waals surface area (Å²) < 4.78 is 2.14. The number of aromatic nitrogens is 2. The molecule has 0 saturated heterocycles. The summed E-state index contributed by atoms with van der Waals surface area (Å²) in [6.45, 7) is 0.596. The van der Waals surface area contributed by atoms with Crippen LogP contribution in [-0.2, 0) is 6.54 Å². The molecule has 0 unspecified atom stereocenters.